The molecule has 2 N–H and O–H groups in total. The van der Waals surface area contributed by atoms with E-state index in [2.05, 4.69) is 19.9 Å². The number of rotatable bonds is 4. The molecule has 3 rings (SSSR count). The van der Waals surface area contributed by atoms with Crippen LogP contribution < -0.4 is 10.0 Å². The summed E-state index contributed by atoms with van der Waals surface area (Å²) in [5.41, 5.74) is 0.221. The number of likely N-dealkylation sites (tertiary alicyclic amines) is 1. The molecule has 1 aliphatic carbocycles. The van der Waals surface area contributed by atoms with Crippen molar-refractivity contribution in [1.82, 2.24) is 14.9 Å². The van der Waals surface area contributed by atoms with Gasteiger partial charge in [-0.25, -0.2) is 13.1 Å². The van der Waals surface area contributed by atoms with Gasteiger partial charge in [-0.2, -0.15) is 0 Å². The van der Waals surface area contributed by atoms with Gasteiger partial charge in [0, 0.05) is 32.2 Å². The fraction of sp³-hybridized carbons (Fsp3) is 0.667. The van der Waals surface area contributed by atoms with E-state index in [1.807, 2.05) is 32.9 Å². The van der Waals surface area contributed by atoms with Gasteiger partial charge in [-0.15, -0.1) is 24.0 Å². The van der Waals surface area contributed by atoms with Crippen LogP contribution in [0.25, 0.3) is 0 Å². The van der Waals surface area contributed by atoms with Crippen molar-refractivity contribution in [2.75, 3.05) is 20.1 Å². The normalized spacial score (nSPS) is 22.8. The molecule has 2 atom stereocenters. The van der Waals surface area contributed by atoms with Gasteiger partial charge in [0.15, 0.2) is 5.96 Å². The van der Waals surface area contributed by atoms with E-state index in [1.54, 1.807) is 19.2 Å². The average molecular weight is 535 g/mol. The van der Waals surface area contributed by atoms with Gasteiger partial charge in [-0.3, -0.25) is 4.99 Å². The number of fused-ring (bicyclic) bond motifs is 1. The SMILES string of the molecule is CN=C(NCc1ccccc1S(=O)(=O)NC(C)(C)C)N1CC2CCCCC2C1.I. The maximum Gasteiger partial charge on any atom is 0.241 e. The first-order valence-electron chi connectivity index (χ1n) is 10.3. The summed E-state index contributed by atoms with van der Waals surface area (Å²) in [6, 6.07) is 7.17. The lowest BCUT2D eigenvalue weighted by molar-refractivity contribution is 0.299. The predicted octanol–water partition coefficient (Wildman–Crippen LogP) is 3.58. The molecular formula is C21H35IN4O2S. The highest BCUT2D eigenvalue weighted by Crippen LogP contribution is 2.36. The molecule has 2 unspecified atom stereocenters. The van der Waals surface area contributed by atoms with Gasteiger partial charge in [-0.1, -0.05) is 31.0 Å². The zero-order chi connectivity index (χ0) is 20.4. The molecular weight excluding hydrogens is 499 g/mol. The highest BCUT2D eigenvalue weighted by molar-refractivity contribution is 14.0. The quantitative estimate of drug-likeness (QED) is 0.352. The number of hydrogen-bond acceptors (Lipinski definition) is 3. The fourth-order valence-electron chi connectivity index (χ4n) is 4.46. The lowest BCUT2D eigenvalue weighted by Gasteiger charge is -2.23. The van der Waals surface area contributed by atoms with Crippen LogP contribution in [0.2, 0.25) is 0 Å². The van der Waals surface area contributed by atoms with Crippen LogP contribution in [0.3, 0.4) is 0 Å². The second kappa shape index (κ2) is 9.96. The minimum atomic E-state index is -3.58. The summed E-state index contributed by atoms with van der Waals surface area (Å²) in [6.07, 6.45) is 5.31. The molecule has 1 saturated carbocycles. The van der Waals surface area contributed by atoms with Crippen LogP contribution in [0, 0.1) is 11.8 Å². The second-order valence-corrected chi connectivity index (χ2v) is 10.7. The first-order chi connectivity index (χ1) is 13.2. The molecule has 0 spiro atoms. The average Bonchev–Trinajstić information content (AvgIpc) is 3.04. The Morgan fingerprint density at radius 2 is 1.72 bits per heavy atom. The zero-order valence-electron chi connectivity index (χ0n) is 17.9. The smallest absolute Gasteiger partial charge is 0.241 e. The van der Waals surface area contributed by atoms with Crippen molar-refractivity contribution in [1.29, 1.82) is 0 Å². The number of halogens is 1. The van der Waals surface area contributed by atoms with Gasteiger partial charge in [0.2, 0.25) is 10.0 Å². The summed E-state index contributed by atoms with van der Waals surface area (Å²) in [5.74, 6) is 2.41. The highest BCUT2D eigenvalue weighted by Gasteiger charge is 2.35. The van der Waals surface area contributed by atoms with Crippen molar-refractivity contribution in [3.05, 3.63) is 29.8 Å². The molecule has 2 aliphatic rings. The molecule has 1 aromatic carbocycles. The van der Waals surface area contributed by atoms with E-state index in [4.69, 9.17) is 0 Å². The van der Waals surface area contributed by atoms with E-state index in [9.17, 15) is 8.42 Å². The fourth-order valence-corrected chi connectivity index (χ4v) is 6.11. The molecule has 8 heteroatoms. The summed E-state index contributed by atoms with van der Waals surface area (Å²) in [5, 5.41) is 3.40. The van der Waals surface area contributed by atoms with Crippen LogP contribution in [0.1, 0.15) is 52.0 Å². The summed E-state index contributed by atoms with van der Waals surface area (Å²) in [6.45, 7) is 8.08. The van der Waals surface area contributed by atoms with Crippen LogP contribution in [0.15, 0.2) is 34.2 Å². The third-order valence-corrected chi connectivity index (χ3v) is 7.49. The topological polar surface area (TPSA) is 73.8 Å². The van der Waals surface area contributed by atoms with Gasteiger partial charge >= 0.3 is 0 Å². The van der Waals surface area contributed by atoms with Crippen molar-refractivity contribution < 1.29 is 8.42 Å². The predicted molar refractivity (Wildman–Crippen MR) is 129 cm³/mol. The van der Waals surface area contributed by atoms with Crippen LogP contribution in [0.4, 0.5) is 0 Å². The summed E-state index contributed by atoms with van der Waals surface area (Å²) in [4.78, 5) is 7.12. The number of guanidine groups is 1. The molecule has 2 fully saturated rings. The van der Waals surface area contributed by atoms with E-state index < -0.39 is 15.6 Å². The third-order valence-electron chi connectivity index (χ3n) is 5.63. The Morgan fingerprint density at radius 1 is 1.14 bits per heavy atom. The molecule has 0 radical (unpaired) electrons. The van der Waals surface area contributed by atoms with Crippen LogP contribution in [-0.4, -0.2) is 45.0 Å². The first-order valence-corrected chi connectivity index (χ1v) is 11.8. The minimum absolute atomic E-state index is 0. The van der Waals surface area contributed by atoms with Crippen molar-refractivity contribution in [3.63, 3.8) is 0 Å². The minimum Gasteiger partial charge on any atom is -0.352 e. The Bertz CT molecular complexity index is 806. The molecule has 1 aliphatic heterocycles. The molecule has 1 heterocycles. The lowest BCUT2D eigenvalue weighted by Crippen LogP contribution is -2.42. The summed E-state index contributed by atoms with van der Waals surface area (Å²) in [7, 11) is -1.78. The van der Waals surface area contributed by atoms with Crippen molar-refractivity contribution >= 4 is 40.0 Å². The number of aliphatic imine (C=N–C) groups is 1. The molecule has 164 valence electrons. The van der Waals surface area contributed by atoms with Crippen molar-refractivity contribution in [3.8, 4) is 0 Å². The molecule has 1 saturated heterocycles. The molecule has 29 heavy (non-hydrogen) atoms. The number of nitrogens with one attached hydrogen (secondary N) is 2. The lowest BCUT2D eigenvalue weighted by atomic mass is 9.82. The van der Waals surface area contributed by atoms with Crippen molar-refractivity contribution in [2.45, 2.75) is 63.4 Å². The van der Waals surface area contributed by atoms with Crippen LogP contribution >= 0.6 is 24.0 Å². The van der Waals surface area contributed by atoms with Crippen LogP contribution in [0.5, 0.6) is 0 Å². The number of hydrogen-bond donors (Lipinski definition) is 2. The summed E-state index contributed by atoms with van der Waals surface area (Å²) >= 11 is 0. The molecule has 0 bridgehead atoms. The Labute approximate surface area is 193 Å². The molecule has 1 aromatic rings. The summed E-state index contributed by atoms with van der Waals surface area (Å²) < 4.78 is 28.4. The molecule has 0 amide bonds. The van der Waals surface area contributed by atoms with Gasteiger partial charge < -0.3 is 10.2 Å². The van der Waals surface area contributed by atoms with E-state index in [-0.39, 0.29) is 24.0 Å². The number of sulfonamides is 1. The highest BCUT2D eigenvalue weighted by atomic mass is 127. The standard InChI is InChI=1S/C21H34N4O2S.HI/c1-21(2,3)24-28(26,27)19-12-8-7-9-16(19)13-23-20(22-4)25-14-17-10-5-6-11-18(17)15-25;/h7-9,12,17-18,24H,5-6,10-11,13-15H2,1-4H3,(H,22,23);1H. The van der Waals surface area contributed by atoms with E-state index >= 15 is 0 Å². The maximum absolute atomic E-state index is 12.8. The van der Waals surface area contributed by atoms with Gasteiger partial charge in [0.1, 0.15) is 0 Å². The molecule has 6 nitrogen and oxygen atoms in total. The van der Waals surface area contributed by atoms with Gasteiger partial charge in [0.25, 0.3) is 0 Å². The number of nitrogens with zero attached hydrogens (tertiary/aromatic N) is 2. The zero-order valence-corrected chi connectivity index (χ0v) is 21.1. The maximum atomic E-state index is 12.8. The van der Waals surface area contributed by atoms with E-state index in [1.165, 1.54) is 25.7 Å². The van der Waals surface area contributed by atoms with Crippen LogP contribution in [-0.2, 0) is 16.6 Å². The Morgan fingerprint density at radius 3 is 2.28 bits per heavy atom. The largest absolute Gasteiger partial charge is 0.352 e. The van der Waals surface area contributed by atoms with Gasteiger partial charge in [-0.05, 0) is 57.1 Å². The molecule has 0 aromatic heterocycles. The number of benzene rings is 1. The first kappa shape index (κ1) is 24.4. The monoisotopic (exact) mass is 534 g/mol. The second-order valence-electron chi connectivity index (χ2n) is 9.07. The van der Waals surface area contributed by atoms with Gasteiger partial charge in [0.05, 0.1) is 4.90 Å². The van der Waals surface area contributed by atoms with E-state index in [0.717, 1.165) is 36.4 Å². The van der Waals surface area contributed by atoms with Crippen molar-refractivity contribution in [2.24, 2.45) is 16.8 Å². The Balaban J connectivity index is 0.00000300. The Kier molecular flexibility index (Phi) is 8.38. The Hall–Kier alpha value is -0.870. The third kappa shape index (κ3) is 6.30. The van der Waals surface area contributed by atoms with E-state index in [0.29, 0.717) is 11.4 Å².